The van der Waals surface area contributed by atoms with E-state index < -0.39 is 0 Å². The Labute approximate surface area is 78.9 Å². The van der Waals surface area contributed by atoms with E-state index in [2.05, 4.69) is 23.4 Å². The average Bonchev–Trinajstić information content (AvgIpc) is 2.75. The highest BCUT2D eigenvalue weighted by molar-refractivity contribution is 5.63. The molecule has 0 aromatic carbocycles. The van der Waals surface area contributed by atoms with Gasteiger partial charge in [-0.15, -0.1) is 0 Å². The van der Waals surface area contributed by atoms with Gasteiger partial charge in [-0.05, 0) is 18.4 Å². The van der Waals surface area contributed by atoms with Crippen molar-refractivity contribution in [3.63, 3.8) is 0 Å². The van der Waals surface area contributed by atoms with E-state index in [0.717, 1.165) is 18.6 Å². The molecule has 1 aliphatic rings. The molecule has 0 bridgehead atoms. The van der Waals surface area contributed by atoms with Gasteiger partial charge < -0.3 is 4.52 Å². The lowest BCUT2D eigenvalue weighted by Gasteiger charge is -2.03. The second-order valence-electron chi connectivity index (χ2n) is 2.54. The monoisotopic (exact) mass is 177 g/mol. The van der Waals surface area contributed by atoms with Crippen LogP contribution in [0.2, 0.25) is 0 Å². The topological polar surface area (TPSA) is 26.0 Å². The van der Waals surface area contributed by atoms with Gasteiger partial charge in [0.1, 0.15) is 0 Å². The number of rotatable bonds is 1. The summed E-state index contributed by atoms with van der Waals surface area (Å²) >= 11 is 0. The molecule has 1 aromatic heterocycles. The molecule has 0 saturated carbocycles. The fourth-order valence-corrected chi connectivity index (χ4v) is 1.19. The zero-order valence-corrected chi connectivity index (χ0v) is 8.16. The highest BCUT2D eigenvalue weighted by atomic mass is 16.5. The van der Waals surface area contributed by atoms with E-state index in [4.69, 9.17) is 4.52 Å². The molecule has 2 heteroatoms. The molecule has 70 valence electrons. The average molecular weight is 177 g/mol. The van der Waals surface area contributed by atoms with E-state index in [9.17, 15) is 0 Å². The first-order valence-electron chi connectivity index (χ1n) is 4.73. The molecule has 0 radical (unpaired) electrons. The summed E-state index contributed by atoms with van der Waals surface area (Å²) in [4.78, 5) is 0. The van der Waals surface area contributed by atoms with E-state index >= 15 is 0 Å². The van der Waals surface area contributed by atoms with Crippen molar-refractivity contribution in [3.8, 4) is 0 Å². The summed E-state index contributed by atoms with van der Waals surface area (Å²) in [5, 5.41) is 3.66. The van der Waals surface area contributed by atoms with Crippen molar-refractivity contribution >= 4 is 5.57 Å². The van der Waals surface area contributed by atoms with Crippen LogP contribution in [-0.4, -0.2) is 5.16 Å². The number of hydrogen-bond acceptors (Lipinski definition) is 2. The quantitative estimate of drug-likeness (QED) is 0.656. The molecule has 0 fully saturated rings. The van der Waals surface area contributed by atoms with E-state index in [1.807, 2.05) is 19.9 Å². The van der Waals surface area contributed by atoms with Crippen LogP contribution in [-0.2, 0) is 0 Å². The van der Waals surface area contributed by atoms with Gasteiger partial charge in [-0.25, -0.2) is 0 Å². The van der Waals surface area contributed by atoms with Crippen LogP contribution < -0.4 is 0 Å². The molecule has 0 spiro atoms. The fraction of sp³-hybridized carbons (Fsp3) is 0.364. The van der Waals surface area contributed by atoms with E-state index in [1.165, 1.54) is 5.57 Å². The summed E-state index contributed by atoms with van der Waals surface area (Å²) in [7, 11) is 0. The van der Waals surface area contributed by atoms with Gasteiger partial charge in [0.2, 0.25) is 0 Å². The molecule has 1 heterocycles. The molecule has 13 heavy (non-hydrogen) atoms. The summed E-state index contributed by atoms with van der Waals surface area (Å²) in [6, 6.07) is 1.89. The lowest BCUT2D eigenvalue weighted by molar-refractivity contribution is 0.409. The maximum absolute atomic E-state index is 5.02. The number of aromatic nitrogens is 1. The Hall–Kier alpha value is -1.31. The Morgan fingerprint density at radius 1 is 1.38 bits per heavy atom. The van der Waals surface area contributed by atoms with Crippen LogP contribution in [0.25, 0.3) is 5.57 Å². The standard InChI is InChI=1S/C9H9NO.C2H6/c1-2-4-8(5-3-1)9-6-7-10-11-9;1-2/h1-2,4,6-7H,3,5H2;1-2H3. The van der Waals surface area contributed by atoms with Gasteiger partial charge >= 0.3 is 0 Å². The molecule has 0 unspecified atom stereocenters. The number of allylic oxidation sites excluding steroid dienone is 4. The Morgan fingerprint density at radius 3 is 2.77 bits per heavy atom. The Kier molecular flexibility index (Phi) is 4.03. The molecular weight excluding hydrogens is 162 g/mol. The smallest absolute Gasteiger partial charge is 0.162 e. The molecule has 0 aliphatic heterocycles. The zero-order valence-electron chi connectivity index (χ0n) is 8.16. The Bertz CT molecular complexity index is 283. The van der Waals surface area contributed by atoms with Crippen LogP contribution in [0.5, 0.6) is 0 Å². The van der Waals surface area contributed by atoms with E-state index in [-0.39, 0.29) is 0 Å². The second kappa shape index (κ2) is 5.36. The van der Waals surface area contributed by atoms with Crippen LogP contribution >= 0.6 is 0 Å². The fourth-order valence-electron chi connectivity index (χ4n) is 1.19. The minimum atomic E-state index is 0.898. The summed E-state index contributed by atoms with van der Waals surface area (Å²) in [6.07, 6.45) is 10.1. The highest BCUT2D eigenvalue weighted by Crippen LogP contribution is 2.22. The van der Waals surface area contributed by atoms with E-state index in [1.54, 1.807) is 6.20 Å². The third-order valence-electron chi connectivity index (χ3n) is 1.77. The number of nitrogens with zero attached hydrogens (tertiary/aromatic N) is 1. The maximum atomic E-state index is 5.02. The lowest BCUT2D eigenvalue weighted by atomic mass is 10.0. The molecule has 1 aromatic rings. The Balaban J connectivity index is 0.000000396. The first-order chi connectivity index (χ1) is 6.47. The summed E-state index contributed by atoms with van der Waals surface area (Å²) in [5.41, 5.74) is 1.24. The van der Waals surface area contributed by atoms with Crippen LogP contribution in [0.1, 0.15) is 32.4 Å². The van der Waals surface area contributed by atoms with Crippen molar-refractivity contribution in [1.29, 1.82) is 0 Å². The largest absolute Gasteiger partial charge is 0.357 e. The van der Waals surface area contributed by atoms with E-state index in [0.29, 0.717) is 0 Å². The van der Waals surface area contributed by atoms with Crippen molar-refractivity contribution < 1.29 is 4.52 Å². The predicted molar refractivity (Wildman–Crippen MR) is 54.2 cm³/mol. The minimum absolute atomic E-state index is 0.898. The third-order valence-corrected chi connectivity index (χ3v) is 1.77. The molecule has 0 N–H and O–H groups in total. The van der Waals surface area contributed by atoms with Crippen LogP contribution in [0.3, 0.4) is 0 Å². The summed E-state index contributed by atoms with van der Waals surface area (Å²) < 4.78 is 5.02. The molecule has 0 amide bonds. The van der Waals surface area contributed by atoms with Gasteiger partial charge in [0.05, 0.1) is 6.20 Å². The molecule has 0 atom stereocenters. The van der Waals surface area contributed by atoms with Crippen molar-refractivity contribution in [2.24, 2.45) is 0 Å². The van der Waals surface area contributed by atoms with Gasteiger partial charge in [-0.1, -0.05) is 37.2 Å². The van der Waals surface area contributed by atoms with Crippen molar-refractivity contribution in [2.45, 2.75) is 26.7 Å². The first kappa shape index (κ1) is 9.78. The maximum Gasteiger partial charge on any atom is 0.162 e. The van der Waals surface area contributed by atoms with Gasteiger partial charge in [0, 0.05) is 6.07 Å². The molecule has 2 nitrogen and oxygen atoms in total. The van der Waals surface area contributed by atoms with Crippen LogP contribution in [0.15, 0.2) is 35.0 Å². The number of hydrogen-bond donors (Lipinski definition) is 0. The minimum Gasteiger partial charge on any atom is -0.357 e. The lowest BCUT2D eigenvalue weighted by Crippen LogP contribution is -1.84. The summed E-state index contributed by atoms with van der Waals surface area (Å²) in [6.45, 7) is 4.00. The van der Waals surface area contributed by atoms with Gasteiger partial charge in [0.15, 0.2) is 5.76 Å². The first-order valence-corrected chi connectivity index (χ1v) is 4.73. The van der Waals surface area contributed by atoms with Crippen molar-refractivity contribution in [3.05, 3.63) is 36.3 Å². The zero-order chi connectivity index (χ0) is 9.52. The van der Waals surface area contributed by atoms with Crippen LogP contribution in [0, 0.1) is 0 Å². The van der Waals surface area contributed by atoms with Gasteiger partial charge in [-0.2, -0.15) is 0 Å². The van der Waals surface area contributed by atoms with Gasteiger partial charge in [-0.3, -0.25) is 0 Å². The molecule has 2 rings (SSSR count). The molecular formula is C11H15NO. The second-order valence-corrected chi connectivity index (χ2v) is 2.54. The normalized spacial score (nSPS) is 14.5. The predicted octanol–water partition coefficient (Wildman–Crippen LogP) is 3.43. The van der Waals surface area contributed by atoms with Gasteiger partial charge in [0.25, 0.3) is 0 Å². The highest BCUT2D eigenvalue weighted by Gasteiger charge is 2.05. The third kappa shape index (κ3) is 2.58. The summed E-state index contributed by atoms with van der Waals surface area (Å²) in [5.74, 6) is 0.898. The van der Waals surface area contributed by atoms with Crippen LogP contribution in [0.4, 0.5) is 0 Å². The van der Waals surface area contributed by atoms with Crippen molar-refractivity contribution in [2.75, 3.05) is 0 Å². The molecule has 1 aliphatic carbocycles. The molecule has 0 saturated heterocycles. The Morgan fingerprint density at radius 2 is 2.23 bits per heavy atom. The van der Waals surface area contributed by atoms with Crippen molar-refractivity contribution in [1.82, 2.24) is 5.16 Å². The SMILES string of the molecule is C1=CCCC(c2ccno2)=C1.CC.